The van der Waals surface area contributed by atoms with Gasteiger partial charge in [-0.15, -0.1) is 0 Å². The molecule has 1 nitrogen and oxygen atoms in total. The Balaban J connectivity index is 0.000000151. The Morgan fingerprint density at radius 1 is 0.800 bits per heavy atom. The molecule has 0 amide bonds. The van der Waals surface area contributed by atoms with E-state index >= 15 is 0 Å². The summed E-state index contributed by atoms with van der Waals surface area (Å²) in [5.41, 5.74) is -0.306. The first-order valence-corrected chi connectivity index (χ1v) is 6.61. The van der Waals surface area contributed by atoms with Crippen molar-refractivity contribution in [3.05, 3.63) is 0 Å². The molecule has 0 aromatic carbocycles. The second-order valence-electron chi connectivity index (χ2n) is 6.38. The zero-order chi connectivity index (χ0) is 11.5. The van der Waals surface area contributed by atoms with E-state index in [1.54, 1.807) is 0 Å². The van der Waals surface area contributed by atoms with E-state index in [4.69, 9.17) is 5.11 Å². The van der Waals surface area contributed by atoms with Gasteiger partial charge in [0.25, 0.3) is 0 Å². The third kappa shape index (κ3) is 5.01. The number of rotatable bonds is 0. The molecule has 0 aromatic rings. The van der Waals surface area contributed by atoms with Crippen LogP contribution < -0.4 is 0 Å². The molecular weight excluding hydrogens is 184 g/mol. The average Bonchev–Trinajstić information content (AvgIpc) is 2.08. The topological polar surface area (TPSA) is 20.2 Å². The second kappa shape index (κ2) is 5.34. The van der Waals surface area contributed by atoms with Crippen LogP contribution in [0.4, 0.5) is 0 Å². The van der Waals surface area contributed by atoms with Gasteiger partial charge < -0.3 is 5.11 Å². The fourth-order valence-electron chi connectivity index (χ4n) is 2.87. The van der Waals surface area contributed by atoms with E-state index in [0.29, 0.717) is 0 Å². The molecule has 0 unspecified atom stereocenters. The lowest BCUT2D eigenvalue weighted by molar-refractivity contribution is -0.0506. The zero-order valence-corrected chi connectivity index (χ0v) is 10.9. The Morgan fingerprint density at radius 3 is 1.27 bits per heavy atom. The van der Waals surface area contributed by atoms with Crippen molar-refractivity contribution in [2.75, 3.05) is 0 Å². The van der Waals surface area contributed by atoms with Gasteiger partial charge in [0.2, 0.25) is 0 Å². The summed E-state index contributed by atoms with van der Waals surface area (Å²) < 4.78 is 0. The van der Waals surface area contributed by atoms with Crippen LogP contribution in [0.5, 0.6) is 0 Å². The summed E-state index contributed by atoms with van der Waals surface area (Å²) in [6, 6.07) is 0. The van der Waals surface area contributed by atoms with Crippen LogP contribution in [0.3, 0.4) is 0 Å². The normalized spacial score (nSPS) is 45.0. The summed E-state index contributed by atoms with van der Waals surface area (Å²) in [5, 5.41) is 9.08. The minimum atomic E-state index is -0.306. The monoisotopic (exact) mass is 212 g/mol. The predicted octanol–water partition coefficient (Wildman–Crippen LogP) is 4.00. The summed E-state index contributed by atoms with van der Waals surface area (Å²) in [6.45, 7) is 8.79. The van der Waals surface area contributed by atoms with Crippen molar-refractivity contribution < 1.29 is 5.11 Å². The van der Waals surface area contributed by atoms with Gasteiger partial charge in [0.15, 0.2) is 0 Å². The summed E-state index contributed by atoms with van der Waals surface area (Å²) >= 11 is 0. The van der Waals surface area contributed by atoms with E-state index in [1.165, 1.54) is 25.7 Å². The Kier molecular flexibility index (Phi) is 4.64. The third-order valence-electron chi connectivity index (χ3n) is 3.88. The first-order chi connectivity index (χ1) is 6.89. The van der Waals surface area contributed by atoms with E-state index in [2.05, 4.69) is 20.8 Å². The molecule has 2 aliphatic carbocycles. The number of aliphatic hydroxyl groups is 1. The number of hydrogen-bond donors (Lipinski definition) is 1. The van der Waals surface area contributed by atoms with Crippen molar-refractivity contribution in [3.8, 4) is 0 Å². The molecule has 1 N–H and O–H groups in total. The Morgan fingerprint density at radius 2 is 1.13 bits per heavy atom. The largest absolute Gasteiger partial charge is 0.390 e. The quantitative estimate of drug-likeness (QED) is 0.643. The molecule has 0 aliphatic heterocycles. The summed E-state index contributed by atoms with van der Waals surface area (Å²) in [6.07, 6.45) is 7.88. The summed E-state index contributed by atoms with van der Waals surface area (Å²) in [4.78, 5) is 0. The molecule has 0 saturated heterocycles. The lowest BCUT2D eigenvalue weighted by Gasteiger charge is -2.38. The highest BCUT2D eigenvalue weighted by atomic mass is 16.3. The van der Waals surface area contributed by atoms with Gasteiger partial charge in [-0.3, -0.25) is 0 Å². The van der Waals surface area contributed by atoms with Crippen LogP contribution in [-0.2, 0) is 0 Å². The van der Waals surface area contributed by atoms with Crippen LogP contribution in [0.25, 0.3) is 0 Å². The van der Waals surface area contributed by atoms with Crippen molar-refractivity contribution in [2.24, 2.45) is 17.8 Å². The van der Waals surface area contributed by atoms with Crippen LogP contribution in [-0.4, -0.2) is 10.7 Å². The molecule has 1 heteroatoms. The molecule has 2 rings (SSSR count). The van der Waals surface area contributed by atoms with E-state index in [9.17, 15) is 0 Å². The van der Waals surface area contributed by atoms with Crippen LogP contribution in [0.1, 0.15) is 66.2 Å². The van der Waals surface area contributed by atoms with Crippen LogP contribution in [0.2, 0.25) is 0 Å². The summed E-state index contributed by atoms with van der Waals surface area (Å²) in [5.74, 6) is 2.80. The molecule has 15 heavy (non-hydrogen) atoms. The lowest BCUT2D eigenvalue weighted by Crippen LogP contribution is -2.39. The highest BCUT2D eigenvalue weighted by Gasteiger charge is 2.34. The molecule has 2 saturated carbocycles. The lowest BCUT2D eigenvalue weighted by atomic mass is 9.73. The van der Waals surface area contributed by atoms with Gasteiger partial charge in [0.1, 0.15) is 0 Å². The molecule has 2 aliphatic rings. The molecule has 0 bridgehead atoms. The van der Waals surface area contributed by atoms with E-state index < -0.39 is 0 Å². The Hall–Kier alpha value is -0.0400. The molecular formula is C14H28O. The number of hydrogen-bond acceptors (Lipinski definition) is 1. The van der Waals surface area contributed by atoms with Gasteiger partial charge in [-0.25, -0.2) is 0 Å². The maximum atomic E-state index is 9.08. The second-order valence-corrected chi connectivity index (χ2v) is 6.38. The fraction of sp³-hybridized carbons (Fsp3) is 1.00. The van der Waals surface area contributed by atoms with Gasteiger partial charge in [-0.05, 0) is 37.5 Å². The maximum absolute atomic E-state index is 9.08. The SMILES string of the molecule is CC1CC(C)(O)C1.CC1CCC(C)CC1. The molecule has 0 heterocycles. The standard InChI is InChI=1S/C8H16.C6H12O/c1-7-3-5-8(2)6-4-7;1-5-3-6(2,7)4-5/h7-8H,3-6H2,1-2H3;5,7H,3-4H2,1-2H3. The highest BCUT2D eigenvalue weighted by molar-refractivity contribution is 4.87. The Bertz CT molecular complexity index is 160. The van der Waals surface area contributed by atoms with Gasteiger partial charge in [-0.1, -0.05) is 46.5 Å². The molecule has 2 fully saturated rings. The minimum absolute atomic E-state index is 0.306. The van der Waals surface area contributed by atoms with Crippen LogP contribution in [0, 0.1) is 17.8 Å². The van der Waals surface area contributed by atoms with Crippen LogP contribution in [0.15, 0.2) is 0 Å². The van der Waals surface area contributed by atoms with Gasteiger partial charge in [-0.2, -0.15) is 0 Å². The third-order valence-corrected chi connectivity index (χ3v) is 3.88. The molecule has 90 valence electrons. The zero-order valence-electron chi connectivity index (χ0n) is 10.9. The molecule has 0 aromatic heterocycles. The van der Waals surface area contributed by atoms with Gasteiger partial charge in [0, 0.05) is 0 Å². The first kappa shape index (κ1) is 13.0. The van der Waals surface area contributed by atoms with Crippen molar-refractivity contribution in [2.45, 2.75) is 71.8 Å². The van der Waals surface area contributed by atoms with Crippen molar-refractivity contribution in [3.63, 3.8) is 0 Å². The Labute approximate surface area is 95.3 Å². The van der Waals surface area contributed by atoms with E-state index in [1.807, 2.05) is 6.92 Å². The van der Waals surface area contributed by atoms with Gasteiger partial charge in [0.05, 0.1) is 5.60 Å². The smallest absolute Gasteiger partial charge is 0.0624 e. The van der Waals surface area contributed by atoms with Gasteiger partial charge >= 0.3 is 0 Å². The average molecular weight is 212 g/mol. The van der Waals surface area contributed by atoms with E-state index in [0.717, 1.165) is 30.6 Å². The fourth-order valence-corrected chi connectivity index (χ4v) is 2.87. The van der Waals surface area contributed by atoms with Crippen molar-refractivity contribution in [1.29, 1.82) is 0 Å². The van der Waals surface area contributed by atoms with Crippen molar-refractivity contribution in [1.82, 2.24) is 0 Å². The molecule has 0 spiro atoms. The van der Waals surface area contributed by atoms with E-state index in [-0.39, 0.29) is 5.60 Å². The summed E-state index contributed by atoms with van der Waals surface area (Å²) in [7, 11) is 0. The first-order valence-electron chi connectivity index (χ1n) is 6.61. The van der Waals surface area contributed by atoms with Crippen molar-refractivity contribution >= 4 is 0 Å². The predicted molar refractivity (Wildman–Crippen MR) is 65.8 cm³/mol. The molecule has 0 atom stereocenters. The minimum Gasteiger partial charge on any atom is -0.390 e. The maximum Gasteiger partial charge on any atom is 0.0624 e. The molecule has 0 radical (unpaired) electrons. The van der Waals surface area contributed by atoms with Crippen LogP contribution >= 0.6 is 0 Å². The highest BCUT2D eigenvalue weighted by Crippen LogP contribution is 2.36.